The normalized spacial score (nSPS) is 17.2. The second-order valence-electron chi connectivity index (χ2n) is 8.05. The Balaban J connectivity index is 1.35. The van der Waals surface area contributed by atoms with Gasteiger partial charge in [0.2, 0.25) is 5.91 Å². The summed E-state index contributed by atoms with van der Waals surface area (Å²) in [6.45, 7) is 8.57. The van der Waals surface area contributed by atoms with E-state index in [9.17, 15) is 9.59 Å². The molecule has 0 spiro atoms. The van der Waals surface area contributed by atoms with Gasteiger partial charge in [-0.2, -0.15) is 0 Å². The van der Waals surface area contributed by atoms with Crippen LogP contribution in [0, 0.1) is 13.8 Å². The van der Waals surface area contributed by atoms with Crippen molar-refractivity contribution in [1.82, 2.24) is 14.8 Å². The fourth-order valence-electron chi connectivity index (χ4n) is 4.19. The number of aromatic nitrogens is 1. The van der Waals surface area contributed by atoms with Crippen LogP contribution >= 0.6 is 0 Å². The first-order chi connectivity index (χ1) is 14.0. The van der Waals surface area contributed by atoms with Crippen LogP contribution in [0.25, 0.3) is 0 Å². The van der Waals surface area contributed by atoms with Crippen molar-refractivity contribution in [3.63, 3.8) is 0 Å². The molecule has 0 radical (unpaired) electrons. The van der Waals surface area contributed by atoms with Crippen molar-refractivity contribution in [3.05, 3.63) is 58.8 Å². The quantitative estimate of drug-likeness (QED) is 0.803. The van der Waals surface area contributed by atoms with E-state index in [2.05, 4.69) is 29.8 Å². The zero-order chi connectivity index (χ0) is 20.4. The van der Waals surface area contributed by atoms with Crippen molar-refractivity contribution >= 4 is 17.6 Å². The highest BCUT2D eigenvalue weighted by Crippen LogP contribution is 2.20. The third kappa shape index (κ3) is 4.26. The predicted molar refractivity (Wildman–Crippen MR) is 113 cm³/mol. The molecular formula is C23H28N4O2. The number of amides is 2. The second-order valence-corrected chi connectivity index (χ2v) is 8.05. The molecule has 3 heterocycles. The second kappa shape index (κ2) is 8.23. The lowest BCUT2D eigenvalue weighted by molar-refractivity contribution is -0.128. The Labute approximate surface area is 172 Å². The lowest BCUT2D eigenvalue weighted by Gasteiger charge is -2.36. The molecule has 2 saturated heterocycles. The molecule has 0 unspecified atom stereocenters. The molecule has 2 aliphatic heterocycles. The summed E-state index contributed by atoms with van der Waals surface area (Å²) in [6, 6.07) is 9.85. The van der Waals surface area contributed by atoms with E-state index in [0.717, 1.165) is 43.0 Å². The minimum absolute atomic E-state index is 0.0713. The highest BCUT2D eigenvalue weighted by Gasteiger charge is 2.24. The van der Waals surface area contributed by atoms with Crippen molar-refractivity contribution in [2.45, 2.75) is 33.2 Å². The van der Waals surface area contributed by atoms with Gasteiger partial charge in [-0.15, -0.1) is 0 Å². The molecule has 6 heteroatoms. The smallest absolute Gasteiger partial charge is 0.253 e. The van der Waals surface area contributed by atoms with Crippen LogP contribution in [0.5, 0.6) is 0 Å². The molecule has 0 aliphatic carbocycles. The number of likely N-dealkylation sites (tertiary alicyclic amines) is 1. The molecule has 1 aromatic carbocycles. The maximum Gasteiger partial charge on any atom is 0.253 e. The zero-order valence-corrected chi connectivity index (χ0v) is 17.2. The molecule has 2 fully saturated rings. The van der Waals surface area contributed by atoms with E-state index in [1.807, 2.05) is 40.3 Å². The summed E-state index contributed by atoms with van der Waals surface area (Å²) in [4.78, 5) is 35.3. The molecule has 2 aliphatic rings. The molecule has 0 N–H and O–H groups in total. The summed E-state index contributed by atoms with van der Waals surface area (Å²) in [7, 11) is 0. The Bertz CT molecular complexity index is 902. The number of benzene rings is 1. The Morgan fingerprint density at radius 2 is 1.76 bits per heavy atom. The van der Waals surface area contributed by atoms with Crippen LogP contribution in [0.4, 0.5) is 5.82 Å². The van der Waals surface area contributed by atoms with Gasteiger partial charge in [-0.3, -0.25) is 9.59 Å². The summed E-state index contributed by atoms with van der Waals surface area (Å²) in [5, 5.41) is 0. The fraction of sp³-hybridized carbons (Fsp3) is 0.435. The highest BCUT2D eigenvalue weighted by molar-refractivity contribution is 5.94. The first kappa shape index (κ1) is 19.4. The van der Waals surface area contributed by atoms with Gasteiger partial charge in [0.1, 0.15) is 5.82 Å². The summed E-state index contributed by atoms with van der Waals surface area (Å²) < 4.78 is 0. The molecule has 0 bridgehead atoms. The van der Waals surface area contributed by atoms with Gasteiger partial charge in [-0.1, -0.05) is 18.2 Å². The highest BCUT2D eigenvalue weighted by atomic mass is 16.2. The number of piperazine rings is 1. The molecule has 152 valence electrons. The Kier molecular flexibility index (Phi) is 5.51. The fourth-order valence-corrected chi connectivity index (χ4v) is 4.19. The Hall–Kier alpha value is -2.89. The number of hydrogen-bond donors (Lipinski definition) is 0. The van der Waals surface area contributed by atoms with Crippen LogP contribution in [0.2, 0.25) is 0 Å². The van der Waals surface area contributed by atoms with E-state index < -0.39 is 0 Å². The summed E-state index contributed by atoms with van der Waals surface area (Å²) in [6.07, 6.45) is 3.50. The van der Waals surface area contributed by atoms with Gasteiger partial charge in [0.05, 0.1) is 0 Å². The zero-order valence-electron chi connectivity index (χ0n) is 17.2. The van der Waals surface area contributed by atoms with E-state index in [-0.39, 0.29) is 11.8 Å². The average molecular weight is 393 g/mol. The van der Waals surface area contributed by atoms with E-state index in [1.165, 1.54) is 5.56 Å². The van der Waals surface area contributed by atoms with Gasteiger partial charge in [0.15, 0.2) is 0 Å². The van der Waals surface area contributed by atoms with E-state index >= 15 is 0 Å². The van der Waals surface area contributed by atoms with Crippen LogP contribution in [-0.2, 0) is 11.3 Å². The molecule has 29 heavy (non-hydrogen) atoms. The molecule has 4 rings (SSSR count). The minimum Gasteiger partial charge on any atom is -0.353 e. The molecule has 2 amide bonds. The van der Waals surface area contributed by atoms with Crippen molar-refractivity contribution in [2.24, 2.45) is 0 Å². The lowest BCUT2D eigenvalue weighted by atomic mass is 10.1. The van der Waals surface area contributed by atoms with Crippen LogP contribution < -0.4 is 4.90 Å². The topological polar surface area (TPSA) is 56.8 Å². The molecule has 0 atom stereocenters. The first-order valence-electron chi connectivity index (χ1n) is 10.4. The van der Waals surface area contributed by atoms with Crippen LogP contribution in [-0.4, -0.2) is 59.3 Å². The molecule has 6 nitrogen and oxygen atoms in total. The van der Waals surface area contributed by atoms with Crippen molar-refractivity contribution in [2.75, 3.05) is 37.6 Å². The van der Waals surface area contributed by atoms with E-state index in [4.69, 9.17) is 0 Å². The molecule has 2 aromatic rings. The number of rotatable bonds is 4. The number of aryl methyl sites for hydroxylation is 2. The third-order valence-corrected chi connectivity index (χ3v) is 5.80. The first-order valence-corrected chi connectivity index (χ1v) is 10.4. The van der Waals surface area contributed by atoms with Gasteiger partial charge in [0.25, 0.3) is 5.91 Å². The van der Waals surface area contributed by atoms with Gasteiger partial charge in [-0.25, -0.2) is 4.98 Å². The predicted octanol–water partition coefficient (Wildman–Crippen LogP) is 2.78. The van der Waals surface area contributed by atoms with E-state index in [1.54, 1.807) is 0 Å². The Morgan fingerprint density at radius 1 is 1.03 bits per heavy atom. The SMILES string of the molecule is Cc1cnc(N2CCN(C(=O)c3ccc(CN4CCCC4=O)cc3)CC2)c(C)c1. The lowest BCUT2D eigenvalue weighted by Crippen LogP contribution is -2.49. The van der Waals surface area contributed by atoms with Crippen molar-refractivity contribution in [3.8, 4) is 0 Å². The summed E-state index contributed by atoms with van der Waals surface area (Å²) in [5.74, 6) is 1.31. The van der Waals surface area contributed by atoms with Gasteiger partial charge < -0.3 is 14.7 Å². The number of carbonyl (C=O) groups is 2. The molecule has 0 saturated carbocycles. The van der Waals surface area contributed by atoms with Gasteiger partial charge >= 0.3 is 0 Å². The number of hydrogen-bond acceptors (Lipinski definition) is 4. The van der Waals surface area contributed by atoms with Gasteiger partial charge in [0, 0.05) is 57.4 Å². The van der Waals surface area contributed by atoms with Gasteiger partial charge in [-0.05, 0) is 49.1 Å². The van der Waals surface area contributed by atoms with Crippen molar-refractivity contribution < 1.29 is 9.59 Å². The van der Waals surface area contributed by atoms with E-state index in [0.29, 0.717) is 31.6 Å². The molecular weight excluding hydrogens is 364 g/mol. The number of pyridine rings is 1. The summed E-state index contributed by atoms with van der Waals surface area (Å²) in [5.41, 5.74) is 4.12. The number of nitrogens with zero attached hydrogens (tertiary/aromatic N) is 4. The Morgan fingerprint density at radius 3 is 2.38 bits per heavy atom. The standard InChI is InChI=1S/C23H28N4O2/c1-17-14-18(2)22(24-15-17)25-10-12-26(13-11-25)23(29)20-7-5-19(6-8-20)16-27-9-3-4-21(27)28/h5-8,14-15H,3-4,9-13,16H2,1-2H3. The van der Waals surface area contributed by atoms with Crippen LogP contribution in [0.1, 0.15) is 39.9 Å². The minimum atomic E-state index is 0.0713. The largest absolute Gasteiger partial charge is 0.353 e. The van der Waals surface area contributed by atoms with Crippen LogP contribution in [0.15, 0.2) is 36.5 Å². The maximum absolute atomic E-state index is 12.9. The maximum atomic E-state index is 12.9. The number of anilines is 1. The number of carbonyl (C=O) groups excluding carboxylic acids is 2. The summed E-state index contributed by atoms with van der Waals surface area (Å²) >= 11 is 0. The van der Waals surface area contributed by atoms with Crippen LogP contribution in [0.3, 0.4) is 0 Å². The molecule has 1 aromatic heterocycles. The monoisotopic (exact) mass is 392 g/mol. The third-order valence-electron chi connectivity index (χ3n) is 5.80. The average Bonchev–Trinajstić information content (AvgIpc) is 3.13. The van der Waals surface area contributed by atoms with Crippen molar-refractivity contribution in [1.29, 1.82) is 0 Å².